The van der Waals surface area contributed by atoms with E-state index < -0.39 is 23.7 Å². The van der Waals surface area contributed by atoms with E-state index in [4.69, 9.17) is 0 Å². The van der Waals surface area contributed by atoms with E-state index in [9.17, 15) is 26.3 Å². The van der Waals surface area contributed by atoms with E-state index in [0.29, 0.717) is 21.7 Å². The third-order valence-electron chi connectivity index (χ3n) is 5.99. The maximum Gasteiger partial charge on any atom is 0.433 e. The highest BCUT2D eigenvalue weighted by molar-refractivity contribution is 6.23. The molecule has 3 aromatic heterocycles. The lowest BCUT2D eigenvalue weighted by Gasteiger charge is -2.17. The fourth-order valence-corrected chi connectivity index (χ4v) is 4.41. The molecule has 34 heavy (non-hydrogen) atoms. The topological polar surface area (TPSA) is 38.7 Å². The van der Waals surface area contributed by atoms with Gasteiger partial charge in [0, 0.05) is 21.5 Å². The summed E-state index contributed by atoms with van der Waals surface area (Å²) in [7, 11) is 0. The molecule has 0 bridgehead atoms. The van der Waals surface area contributed by atoms with Crippen molar-refractivity contribution < 1.29 is 26.3 Å². The van der Waals surface area contributed by atoms with Crippen LogP contribution in [0.2, 0.25) is 0 Å². The van der Waals surface area contributed by atoms with E-state index in [1.54, 1.807) is 44.2 Å². The summed E-state index contributed by atoms with van der Waals surface area (Å²) >= 11 is 0. The van der Waals surface area contributed by atoms with Crippen molar-refractivity contribution in [2.24, 2.45) is 0 Å². The molecule has 0 saturated heterocycles. The predicted molar refractivity (Wildman–Crippen MR) is 119 cm³/mol. The molecule has 3 nitrogen and oxygen atoms in total. The van der Waals surface area contributed by atoms with Gasteiger partial charge in [-0.1, -0.05) is 32.0 Å². The van der Waals surface area contributed by atoms with E-state index in [1.165, 1.54) is 12.1 Å². The predicted octanol–water partition coefficient (Wildman–Crippen LogP) is 7.65. The second-order valence-electron chi connectivity index (χ2n) is 8.06. The fraction of sp³-hybridized carbons (Fsp3) is 0.240. The normalized spacial score (nSPS) is 12.9. The zero-order valence-electron chi connectivity index (χ0n) is 18.1. The highest BCUT2D eigenvalue weighted by Gasteiger charge is 2.37. The second kappa shape index (κ2) is 7.51. The summed E-state index contributed by atoms with van der Waals surface area (Å²) in [5.41, 5.74) is -1.53. The first kappa shape index (κ1) is 22.3. The van der Waals surface area contributed by atoms with Gasteiger partial charge in [-0.2, -0.15) is 26.3 Å². The Morgan fingerprint density at radius 1 is 0.618 bits per heavy atom. The van der Waals surface area contributed by atoms with Gasteiger partial charge in [-0.3, -0.25) is 0 Å². The van der Waals surface area contributed by atoms with E-state index in [2.05, 4.69) is 15.0 Å². The van der Waals surface area contributed by atoms with Crippen molar-refractivity contribution in [3.8, 4) is 0 Å². The maximum absolute atomic E-state index is 13.8. The Morgan fingerprint density at radius 3 is 1.53 bits per heavy atom. The molecule has 0 fully saturated rings. The fourth-order valence-electron chi connectivity index (χ4n) is 4.41. The number of alkyl halides is 6. The number of rotatable bonds is 2. The largest absolute Gasteiger partial charge is 0.433 e. The van der Waals surface area contributed by atoms with Crippen molar-refractivity contribution in [3.05, 3.63) is 65.0 Å². The lowest BCUT2D eigenvalue weighted by atomic mass is 9.97. The molecule has 0 spiro atoms. The molecule has 0 aliphatic heterocycles. The summed E-state index contributed by atoms with van der Waals surface area (Å²) in [6.07, 6.45) is -9.35. The first-order valence-corrected chi connectivity index (χ1v) is 10.7. The maximum atomic E-state index is 13.8. The smallest absolute Gasteiger partial charge is 0.247 e. The Labute approximate surface area is 189 Å². The molecular weight excluding hydrogens is 456 g/mol. The van der Waals surface area contributed by atoms with Crippen LogP contribution < -0.4 is 0 Å². The molecule has 0 unspecified atom stereocenters. The van der Waals surface area contributed by atoms with Gasteiger partial charge in [-0.05, 0) is 48.2 Å². The number of fused-ring (bicyclic) bond motifs is 7. The number of para-hydroxylation sites is 1. The van der Waals surface area contributed by atoms with Gasteiger partial charge in [0.15, 0.2) is 0 Å². The number of aryl methyl sites for hydroxylation is 2. The molecule has 9 heteroatoms. The molecule has 0 atom stereocenters. The number of halogens is 6. The van der Waals surface area contributed by atoms with Crippen LogP contribution in [0.4, 0.5) is 26.3 Å². The molecule has 0 amide bonds. The van der Waals surface area contributed by atoms with Crippen LogP contribution in [0.25, 0.3) is 43.6 Å². The van der Waals surface area contributed by atoms with Gasteiger partial charge in [-0.25, -0.2) is 15.0 Å². The summed E-state index contributed by atoms with van der Waals surface area (Å²) in [5, 5.41) is 1.50. The Kier molecular flexibility index (Phi) is 4.93. The molecule has 2 aromatic carbocycles. The van der Waals surface area contributed by atoms with Gasteiger partial charge < -0.3 is 0 Å². The van der Waals surface area contributed by atoms with E-state index in [0.717, 1.165) is 0 Å². The number of hydrogen-bond donors (Lipinski definition) is 0. The summed E-state index contributed by atoms with van der Waals surface area (Å²) in [5.74, 6) is 0. The summed E-state index contributed by atoms with van der Waals surface area (Å²) in [6.45, 7) is 3.14. The monoisotopic (exact) mass is 473 g/mol. The van der Waals surface area contributed by atoms with Crippen molar-refractivity contribution >= 4 is 43.6 Å². The van der Waals surface area contributed by atoms with Gasteiger partial charge in [0.2, 0.25) is 0 Å². The third-order valence-corrected chi connectivity index (χ3v) is 5.99. The summed E-state index contributed by atoms with van der Waals surface area (Å²) in [6, 6.07) is 11.4. The molecule has 0 N–H and O–H groups in total. The van der Waals surface area contributed by atoms with Gasteiger partial charge in [0.25, 0.3) is 0 Å². The molecular formula is C25H17F6N3. The molecule has 0 aliphatic carbocycles. The average molecular weight is 473 g/mol. The van der Waals surface area contributed by atoms with Gasteiger partial charge in [0.1, 0.15) is 11.4 Å². The number of aromatic nitrogens is 3. The van der Waals surface area contributed by atoms with Crippen LogP contribution >= 0.6 is 0 Å². The lowest BCUT2D eigenvalue weighted by Crippen LogP contribution is -2.14. The van der Waals surface area contributed by atoms with Crippen molar-refractivity contribution in [2.75, 3.05) is 0 Å². The number of nitrogens with zero attached hydrogens (tertiary/aromatic N) is 3. The van der Waals surface area contributed by atoms with E-state index in [-0.39, 0.29) is 45.9 Å². The molecule has 5 rings (SSSR count). The minimum atomic E-state index is -4.72. The molecule has 174 valence electrons. The van der Waals surface area contributed by atoms with E-state index in [1.807, 2.05) is 0 Å². The Balaban J connectivity index is 2.08. The quantitative estimate of drug-likeness (QED) is 0.150. The zero-order chi connectivity index (χ0) is 24.4. The molecule has 0 aliphatic rings. The Hall–Kier alpha value is -3.49. The van der Waals surface area contributed by atoms with Crippen molar-refractivity contribution in [3.63, 3.8) is 0 Å². The van der Waals surface area contributed by atoms with Crippen LogP contribution in [-0.4, -0.2) is 15.0 Å². The van der Waals surface area contributed by atoms with Crippen molar-refractivity contribution in [1.29, 1.82) is 0 Å². The number of benzene rings is 2. The zero-order valence-corrected chi connectivity index (χ0v) is 18.1. The van der Waals surface area contributed by atoms with Crippen LogP contribution in [0.3, 0.4) is 0 Å². The van der Waals surface area contributed by atoms with Crippen molar-refractivity contribution in [2.45, 2.75) is 39.0 Å². The average Bonchev–Trinajstić information content (AvgIpc) is 2.80. The molecule has 0 saturated carbocycles. The highest BCUT2D eigenvalue weighted by Crippen LogP contribution is 2.41. The van der Waals surface area contributed by atoms with Crippen LogP contribution in [0, 0.1) is 0 Å². The molecule has 0 radical (unpaired) electrons. The third kappa shape index (κ3) is 3.41. The van der Waals surface area contributed by atoms with Crippen LogP contribution in [0.5, 0.6) is 0 Å². The van der Waals surface area contributed by atoms with Crippen LogP contribution in [0.1, 0.15) is 36.4 Å². The second-order valence-corrected chi connectivity index (χ2v) is 8.06. The minimum Gasteiger partial charge on any atom is -0.247 e. The summed E-state index contributed by atoms with van der Waals surface area (Å²) < 4.78 is 82.8. The Bertz CT molecular complexity index is 1600. The minimum absolute atomic E-state index is 0.00640. The van der Waals surface area contributed by atoms with Gasteiger partial charge in [0.05, 0.1) is 22.1 Å². The Morgan fingerprint density at radius 2 is 1.06 bits per heavy atom. The van der Waals surface area contributed by atoms with Crippen molar-refractivity contribution in [1.82, 2.24) is 15.0 Å². The van der Waals surface area contributed by atoms with Crippen LogP contribution in [0.15, 0.2) is 42.5 Å². The lowest BCUT2D eigenvalue weighted by molar-refractivity contribution is -0.142. The van der Waals surface area contributed by atoms with Gasteiger partial charge >= 0.3 is 12.4 Å². The summed E-state index contributed by atoms with van der Waals surface area (Å²) in [4.78, 5) is 12.5. The first-order valence-electron chi connectivity index (χ1n) is 10.7. The molecule has 5 aromatic rings. The van der Waals surface area contributed by atoms with Gasteiger partial charge in [-0.15, -0.1) is 0 Å². The standard InChI is InChI=1S/C25H17F6N3/c1-3-12-9-15-19-17(11-14-7-5-6-8-18(14)32-19)21-16(20(15)33-22(12)24(26,27)28)10-13(4-2)23(34-21)25(29,30)31/h5-11H,3-4H2,1-2H3. The first-order chi connectivity index (χ1) is 16.0. The highest BCUT2D eigenvalue weighted by atomic mass is 19.4. The number of pyridine rings is 3. The van der Waals surface area contributed by atoms with Crippen LogP contribution in [-0.2, 0) is 25.2 Å². The SMILES string of the molecule is CCc1cc2c(nc1C(F)(F)F)c1cc(CC)c(C(F)(F)F)nc1c1cc3ccccc3nc21. The number of hydrogen-bond acceptors (Lipinski definition) is 3. The molecule has 3 heterocycles. The van der Waals surface area contributed by atoms with E-state index >= 15 is 0 Å².